The second-order valence-electron chi connectivity index (χ2n) is 6.41. The maximum absolute atomic E-state index is 7.23. The van der Waals surface area contributed by atoms with Crippen molar-refractivity contribution in [1.82, 2.24) is 9.97 Å². The van der Waals surface area contributed by atoms with Crippen molar-refractivity contribution in [2.24, 2.45) is 5.92 Å². The van der Waals surface area contributed by atoms with Crippen LogP contribution in [0.1, 0.15) is 32.6 Å². The Bertz CT molecular complexity index is 721. The van der Waals surface area contributed by atoms with Crippen molar-refractivity contribution in [3.8, 4) is 11.5 Å². The number of nitrogens with zero attached hydrogens (tertiary/aromatic N) is 3. The standard InChI is InChI=1S/C18H25N3O2.H3O3P/c1-4-5-13-6-8-21(9-7-13)18-14-10-16(22-2)17(23-3)11-15(14)19-12-20-18;1-4(2)3/h10-13H,4-9H2,1-3H3;1-3H. The average molecular weight is 397 g/mol. The van der Waals surface area contributed by atoms with Crippen molar-refractivity contribution in [3.63, 3.8) is 0 Å². The Morgan fingerprint density at radius 3 is 2.22 bits per heavy atom. The highest BCUT2D eigenvalue weighted by Crippen LogP contribution is 2.36. The van der Waals surface area contributed by atoms with Gasteiger partial charge in [0, 0.05) is 24.5 Å². The van der Waals surface area contributed by atoms with Crippen LogP contribution in [0.5, 0.6) is 11.5 Å². The lowest BCUT2D eigenvalue weighted by Crippen LogP contribution is -2.34. The molecule has 0 radical (unpaired) electrons. The lowest BCUT2D eigenvalue weighted by Gasteiger charge is -2.33. The molecule has 0 unspecified atom stereocenters. The summed E-state index contributed by atoms with van der Waals surface area (Å²) >= 11 is 0. The van der Waals surface area contributed by atoms with Crippen LogP contribution in [0.4, 0.5) is 5.82 Å². The summed E-state index contributed by atoms with van der Waals surface area (Å²) in [6.07, 6.45) is 6.74. The highest BCUT2D eigenvalue weighted by molar-refractivity contribution is 7.38. The Balaban J connectivity index is 0.000000596. The molecule has 2 aromatic rings. The van der Waals surface area contributed by atoms with Gasteiger partial charge in [-0.25, -0.2) is 9.97 Å². The van der Waals surface area contributed by atoms with Gasteiger partial charge in [0.05, 0.1) is 19.7 Å². The van der Waals surface area contributed by atoms with Crippen LogP contribution in [0.3, 0.4) is 0 Å². The summed E-state index contributed by atoms with van der Waals surface area (Å²) in [5.41, 5.74) is 0.892. The van der Waals surface area contributed by atoms with Gasteiger partial charge < -0.3 is 29.1 Å². The maximum Gasteiger partial charge on any atom is 0.324 e. The minimum Gasteiger partial charge on any atom is -0.493 e. The minimum atomic E-state index is -2.62. The normalized spacial score (nSPS) is 14.9. The number of methoxy groups -OCH3 is 2. The van der Waals surface area contributed by atoms with Crippen LogP contribution in [-0.4, -0.2) is 52.0 Å². The lowest BCUT2D eigenvalue weighted by molar-refractivity contribution is 0.355. The number of piperidine rings is 1. The summed E-state index contributed by atoms with van der Waals surface area (Å²) in [5, 5.41) is 1.03. The van der Waals surface area contributed by atoms with E-state index in [1.54, 1.807) is 20.5 Å². The van der Waals surface area contributed by atoms with E-state index in [1.807, 2.05) is 12.1 Å². The van der Waals surface area contributed by atoms with E-state index in [0.717, 1.165) is 41.5 Å². The Kier molecular flexibility index (Phi) is 8.44. The third-order valence-electron chi connectivity index (χ3n) is 4.73. The first-order chi connectivity index (χ1) is 13.0. The molecule has 0 atom stereocenters. The zero-order valence-electron chi connectivity index (χ0n) is 16.0. The van der Waals surface area contributed by atoms with E-state index in [2.05, 4.69) is 21.8 Å². The molecular formula is C18H28N3O5P. The Morgan fingerprint density at radius 1 is 1.07 bits per heavy atom. The molecule has 1 aliphatic heterocycles. The van der Waals surface area contributed by atoms with Gasteiger partial charge in [-0.05, 0) is 24.8 Å². The molecule has 1 fully saturated rings. The lowest BCUT2D eigenvalue weighted by atomic mass is 9.92. The van der Waals surface area contributed by atoms with E-state index < -0.39 is 8.60 Å². The number of aromatic nitrogens is 2. The maximum atomic E-state index is 7.23. The number of hydrogen-bond acceptors (Lipinski definition) is 8. The molecule has 0 spiro atoms. The Labute approximate surface area is 160 Å². The van der Waals surface area contributed by atoms with Gasteiger partial charge in [-0.15, -0.1) is 0 Å². The number of ether oxygens (including phenoxy) is 2. The summed E-state index contributed by atoms with van der Waals surface area (Å²) in [4.78, 5) is 33.0. The fourth-order valence-corrected chi connectivity index (χ4v) is 3.46. The van der Waals surface area contributed by atoms with E-state index in [-0.39, 0.29) is 0 Å². The van der Waals surface area contributed by atoms with E-state index in [4.69, 9.17) is 24.2 Å². The van der Waals surface area contributed by atoms with Gasteiger partial charge in [-0.1, -0.05) is 19.8 Å². The van der Waals surface area contributed by atoms with Crippen molar-refractivity contribution in [3.05, 3.63) is 18.5 Å². The molecule has 8 nitrogen and oxygen atoms in total. The molecule has 27 heavy (non-hydrogen) atoms. The zero-order valence-corrected chi connectivity index (χ0v) is 16.9. The third-order valence-corrected chi connectivity index (χ3v) is 4.73. The summed E-state index contributed by atoms with van der Waals surface area (Å²) < 4.78 is 10.8. The first kappa shape index (κ1) is 21.6. The largest absolute Gasteiger partial charge is 0.493 e. The van der Waals surface area contributed by atoms with Crippen molar-refractivity contribution in [2.75, 3.05) is 32.2 Å². The molecule has 3 N–H and O–H groups in total. The van der Waals surface area contributed by atoms with E-state index >= 15 is 0 Å². The van der Waals surface area contributed by atoms with Gasteiger partial charge in [-0.3, -0.25) is 0 Å². The molecule has 1 saturated heterocycles. The van der Waals surface area contributed by atoms with Gasteiger partial charge in [0.2, 0.25) is 0 Å². The fourth-order valence-electron chi connectivity index (χ4n) is 3.46. The summed E-state index contributed by atoms with van der Waals surface area (Å²) in [6, 6.07) is 3.91. The summed E-state index contributed by atoms with van der Waals surface area (Å²) in [5.74, 6) is 3.29. The van der Waals surface area contributed by atoms with Crippen LogP contribution < -0.4 is 14.4 Å². The highest BCUT2D eigenvalue weighted by atomic mass is 31.2. The van der Waals surface area contributed by atoms with Crippen LogP contribution in [0.15, 0.2) is 18.5 Å². The predicted molar refractivity (Wildman–Crippen MR) is 106 cm³/mol. The predicted octanol–water partition coefficient (Wildman–Crippen LogP) is 2.85. The second kappa shape index (κ2) is 10.6. The molecular weight excluding hydrogens is 369 g/mol. The molecule has 1 aromatic heterocycles. The molecule has 0 bridgehead atoms. The smallest absolute Gasteiger partial charge is 0.324 e. The number of fused-ring (bicyclic) bond motifs is 1. The zero-order chi connectivity index (χ0) is 19.8. The minimum absolute atomic E-state index is 0.700. The molecule has 0 aliphatic carbocycles. The monoisotopic (exact) mass is 397 g/mol. The van der Waals surface area contributed by atoms with E-state index in [0.29, 0.717) is 5.75 Å². The molecule has 1 aliphatic rings. The second-order valence-corrected chi connectivity index (χ2v) is 6.95. The van der Waals surface area contributed by atoms with Crippen molar-refractivity contribution < 1.29 is 24.2 Å². The van der Waals surface area contributed by atoms with Gasteiger partial charge >= 0.3 is 8.60 Å². The first-order valence-electron chi connectivity index (χ1n) is 8.98. The molecule has 150 valence electrons. The van der Waals surface area contributed by atoms with Crippen molar-refractivity contribution >= 4 is 25.3 Å². The topological polar surface area (TPSA) is 108 Å². The quantitative estimate of drug-likeness (QED) is 0.661. The summed E-state index contributed by atoms with van der Waals surface area (Å²) in [7, 11) is 0.679. The molecule has 0 amide bonds. The molecule has 9 heteroatoms. The SMILES string of the molecule is CCCC1CCN(c2ncnc3cc(OC)c(OC)cc23)CC1.OP(O)O. The van der Waals surface area contributed by atoms with Gasteiger partial charge in [-0.2, -0.15) is 0 Å². The van der Waals surface area contributed by atoms with Crippen molar-refractivity contribution in [2.45, 2.75) is 32.6 Å². The van der Waals surface area contributed by atoms with Crippen LogP contribution in [0.2, 0.25) is 0 Å². The third kappa shape index (κ3) is 5.87. The molecule has 3 rings (SSSR count). The first-order valence-corrected chi connectivity index (χ1v) is 10.2. The molecule has 0 saturated carbocycles. The Morgan fingerprint density at radius 2 is 1.67 bits per heavy atom. The molecule has 1 aromatic carbocycles. The number of hydrogen-bond donors (Lipinski definition) is 3. The Hall–Kier alpha value is -1.73. The van der Waals surface area contributed by atoms with Gasteiger partial charge in [0.15, 0.2) is 11.5 Å². The van der Waals surface area contributed by atoms with Crippen molar-refractivity contribution in [1.29, 1.82) is 0 Å². The number of benzene rings is 1. The van der Waals surface area contributed by atoms with E-state index in [9.17, 15) is 0 Å². The van der Waals surface area contributed by atoms with Gasteiger partial charge in [0.25, 0.3) is 0 Å². The number of rotatable bonds is 5. The average Bonchev–Trinajstić information content (AvgIpc) is 2.67. The van der Waals surface area contributed by atoms with Crippen LogP contribution in [0.25, 0.3) is 10.9 Å². The number of anilines is 1. The summed E-state index contributed by atoms with van der Waals surface area (Å²) in [6.45, 7) is 4.39. The van der Waals surface area contributed by atoms with Crippen LogP contribution in [0, 0.1) is 5.92 Å². The highest BCUT2D eigenvalue weighted by Gasteiger charge is 2.22. The fraction of sp³-hybridized carbons (Fsp3) is 0.556. The van der Waals surface area contributed by atoms with Crippen LogP contribution in [-0.2, 0) is 0 Å². The van der Waals surface area contributed by atoms with E-state index in [1.165, 1.54) is 25.7 Å². The van der Waals surface area contributed by atoms with Crippen LogP contribution >= 0.6 is 8.60 Å². The molecule has 2 heterocycles. The van der Waals surface area contributed by atoms with Gasteiger partial charge in [0.1, 0.15) is 12.1 Å².